The Bertz CT molecular complexity index is 818. The lowest BCUT2D eigenvalue weighted by molar-refractivity contribution is -0.131. The topological polar surface area (TPSA) is 99.9 Å². The van der Waals surface area contributed by atoms with Crippen molar-refractivity contribution in [2.45, 2.75) is 6.54 Å². The second-order valence-electron chi connectivity index (χ2n) is 6.03. The van der Waals surface area contributed by atoms with Crippen LogP contribution in [0.25, 0.3) is 0 Å². The molecule has 0 aliphatic carbocycles. The lowest BCUT2D eigenvalue weighted by Crippen LogP contribution is -2.52. The van der Waals surface area contributed by atoms with E-state index < -0.39 is 10.0 Å². The lowest BCUT2D eigenvalue weighted by atomic mass is 10.3. The van der Waals surface area contributed by atoms with E-state index in [-0.39, 0.29) is 19.0 Å². The Balaban J connectivity index is 1.58. The fourth-order valence-electron chi connectivity index (χ4n) is 2.73. The van der Waals surface area contributed by atoms with Gasteiger partial charge in [-0.3, -0.25) is 4.79 Å². The summed E-state index contributed by atoms with van der Waals surface area (Å²) in [4.78, 5) is 24.6. The van der Waals surface area contributed by atoms with Crippen LogP contribution in [0.4, 0.5) is 5.95 Å². The predicted molar refractivity (Wildman–Crippen MR) is 94.8 cm³/mol. The molecule has 0 bridgehead atoms. The number of carbonyl (C=O) groups excluding carboxylic acids is 1. The van der Waals surface area contributed by atoms with Gasteiger partial charge in [0.25, 0.3) is 0 Å². The molecular formula is C16H21N5O4S. The molecule has 1 amide bonds. The van der Waals surface area contributed by atoms with Crippen molar-refractivity contribution in [2.75, 3.05) is 43.9 Å². The summed E-state index contributed by atoms with van der Waals surface area (Å²) in [5.74, 6) is 0.903. The number of carbonyl (C=O) groups is 1. The molecule has 0 spiro atoms. The summed E-state index contributed by atoms with van der Waals surface area (Å²) >= 11 is 0. The van der Waals surface area contributed by atoms with Crippen molar-refractivity contribution in [1.82, 2.24) is 19.2 Å². The Labute approximate surface area is 152 Å². The van der Waals surface area contributed by atoms with E-state index in [1.807, 2.05) is 4.90 Å². The van der Waals surface area contributed by atoms with Crippen LogP contribution in [0.3, 0.4) is 0 Å². The average Bonchev–Trinajstić information content (AvgIpc) is 3.14. The first-order valence-electron chi connectivity index (χ1n) is 8.21. The first kappa shape index (κ1) is 18.3. The fraction of sp³-hybridized carbons (Fsp3) is 0.438. The molecule has 26 heavy (non-hydrogen) atoms. The summed E-state index contributed by atoms with van der Waals surface area (Å²) in [5, 5.41) is 0. The number of sulfonamides is 1. The molecule has 9 nitrogen and oxygen atoms in total. The zero-order valence-electron chi connectivity index (χ0n) is 14.5. The smallest absolute Gasteiger partial charge is 0.238 e. The molecule has 0 saturated carbocycles. The van der Waals surface area contributed by atoms with Gasteiger partial charge in [0.1, 0.15) is 5.76 Å². The van der Waals surface area contributed by atoms with Crippen LogP contribution in [-0.2, 0) is 21.4 Å². The maximum absolute atomic E-state index is 12.6. The summed E-state index contributed by atoms with van der Waals surface area (Å²) in [6.07, 6.45) is 5.92. The number of hydrogen-bond donors (Lipinski definition) is 0. The van der Waals surface area contributed by atoms with Gasteiger partial charge in [-0.15, -0.1) is 0 Å². The number of anilines is 1. The van der Waals surface area contributed by atoms with Gasteiger partial charge in [-0.1, -0.05) is 0 Å². The second kappa shape index (κ2) is 7.83. The summed E-state index contributed by atoms with van der Waals surface area (Å²) in [7, 11) is -3.53. The van der Waals surface area contributed by atoms with Crippen molar-refractivity contribution in [3.05, 3.63) is 42.6 Å². The Morgan fingerprint density at radius 3 is 2.46 bits per heavy atom. The van der Waals surface area contributed by atoms with Crippen LogP contribution < -0.4 is 4.90 Å². The van der Waals surface area contributed by atoms with Gasteiger partial charge >= 0.3 is 0 Å². The molecule has 0 aromatic carbocycles. The first-order chi connectivity index (χ1) is 12.4. The van der Waals surface area contributed by atoms with Crippen LogP contribution in [0.5, 0.6) is 0 Å². The number of nitrogens with zero attached hydrogens (tertiary/aromatic N) is 5. The van der Waals surface area contributed by atoms with Gasteiger partial charge < -0.3 is 14.2 Å². The highest BCUT2D eigenvalue weighted by molar-refractivity contribution is 7.88. The van der Waals surface area contributed by atoms with Crippen LogP contribution in [-0.4, -0.2) is 72.5 Å². The molecule has 2 aromatic heterocycles. The van der Waals surface area contributed by atoms with E-state index in [4.69, 9.17) is 4.42 Å². The first-order valence-corrected chi connectivity index (χ1v) is 10.1. The number of rotatable bonds is 6. The van der Waals surface area contributed by atoms with Gasteiger partial charge in [-0.25, -0.2) is 18.4 Å². The quantitative estimate of drug-likeness (QED) is 0.706. The predicted octanol–water partition coefficient (Wildman–Crippen LogP) is 0.180. The van der Waals surface area contributed by atoms with Gasteiger partial charge in [0, 0.05) is 38.6 Å². The van der Waals surface area contributed by atoms with E-state index in [0.29, 0.717) is 37.9 Å². The number of aromatic nitrogens is 2. The molecule has 0 N–H and O–H groups in total. The highest BCUT2D eigenvalue weighted by Crippen LogP contribution is 2.12. The molecule has 3 heterocycles. The molecule has 1 saturated heterocycles. The standard InChI is InChI=1S/C16H21N5O4S/c1-26(23,24)21(12-14-4-2-11-25-14)13-15(22)19-7-9-20(10-8-19)16-17-5-3-6-18-16/h2-6,11H,7-10,12-13H2,1H3. The van der Waals surface area contributed by atoms with Crippen molar-refractivity contribution in [3.8, 4) is 0 Å². The maximum Gasteiger partial charge on any atom is 0.238 e. The van der Waals surface area contributed by atoms with Gasteiger partial charge in [0.15, 0.2) is 0 Å². The molecule has 0 atom stereocenters. The minimum atomic E-state index is -3.53. The third-order valence-corrected chi connectivity index (χ3v) is 5.36. The fourth-order valence-corrected chi connectivity index (χ4v) is 3.43. The number of furan rings is 1. The molecule has 0 radical (unpaired) electrons. The molecule has 1 fully saturated rings. The molecule has 1 aliphatic heterocycles. The minimum Gasteiger partial charge on any atom is -0.468 e. The molecular weight excluding hydrogens is 358 g/mol. The zero-order chi connectivity index (χ0) is 18.6. The highest BCUT2D eigenvalue weighted by Gasteiger charge is 2.27. The Morgan fingerprint density at radius 1 is 1.19 bits per heavy atom. The van der Waals surface area contributed by atoms with Gasteiger partial charge in [0.05, 0.1) is 25.6 Å². The van der Waals surface area contributed by atoms with E-state index in [2.05, 4.69) is 9.97 Å². The molecule has 3 rings (SSSR count). The summed E-state index contributed by atoms with van der Waals surface area (Å²) in [6, 6.07) is 5.12. The van der Waals surface area contributed by atoms with E-state index in [1.54, 1.807) is 35.5 Å². The van der Waals surface area contributed by atoms with Crippen LogP contribution in [0.2, 0.25) is 0 Å². The SMILES string of the molecule is CS(=O)(=O)N(CC(=O)N1CCN(c2ncccn2)CC1)Cc1ccco1. The molecule has 1 aliphatic rings. The Kier molecular flexibility index (Phi) is 5.52. The summed E-state index contributed by atoms with van der Waals surface area (Å²) < 4.78 is 30.3. The second-order valence-corrected chi connectivity index (χ2v) is 8.01. The Hall–Kier alpha value is -2.46. The maximum atomic E-state index is 12.6. The van der Waals surface area contributed by atoms with E-state index >= 15 is 0 Å². The minimum absolute atomic E-state index is 0.0371. The van der Waals surface area contributed by atoms with Crippen molar-refractivity contribution in [2.24, 2.45) is 0 Å². The van der Waals surface area contributed by atoms with Gasteiger partial charge in [-0.05, 0) is 18.2 Å². The summed E-state index contributed by atoms with van der Waals surface area (Å²) in [5.41, 5.74) is 0. The van der Waals surface area contributed by atoms with Crippen molar-refractivity contribution in [3.63, 3.8) is 0 Å². The van der Waals surface area contributed by atoms with Gasteiger partial charge in [0.2, 0.25) is 21.9 Å². The molecule has 0 unspecified atom stereocenters. The third kappa shape index (κ3) is 4.58. The van der Waals surface area contributed by atoms with Crippen molar-refractivity contribution >= 4 is 21.9 Å². The van der Waals surface area contributed by atoms with Crippen molar-refractivity contribution in [1.29, 1.82) is 0 Å². The van der Waals surface area contributed by atoms with Gasteiger partial charge in [-0.2, -0.15) is 4.31 Å². The number of amides is 1. The monoisotopic (exact) mass is 379 g/mol. The number of hydrogen-bond acceptors (Lipinski definition) is 7. The van der Waals surface area contributed by atoms with Crippen molar-refractivity contribution < 1.29 is 17.6 Å². The van der Waals surface area contributed by atoms with E-state index in [1.165, 1.54) is 6.26 Å². The van der Waals surface area contributed by atoms with Crippen LogP contribution in [0.1, 0.15) is 5.76 Å². The highest BCUT2D eigenvalue weighted by atomic mass is 32.2. The largest absolute Gasteiger partial charge is 0.468 e. The summed E-state index contributed by atoms with van der Waals surface area (Å²) in [6.45, 7) is 2.03. The normalized spacial score (nSPS) is 15.5. The molecule has 2 aromatic rings. The van der Waals surface area contributed by atoms with Crippen LogP contribution >= 0.6 is 0 Å². The number of piperazine rings is 1. The van der Waals surface area contributed by atoms with Crippen LogP contribution in [0, 0.1) is 0 Å². The van der Waals surface area contributed by atoms with E-state index in [0.717, 1.165) is 10.6 Å². The average molecular weight is 379 g/mol. The van der Waals surface area contributed by atoms with Crippen LogP contribution in [0.15, 0.2) is 41.3 Å². The van der Waals surface area contributed by atoms with E-state index in [9.17, 15) is 13.2 Å². The Morgan fingerprint density at radius 2 is 1.88 bits per heavy atom. The zero-order valence-corrected chi connectivity index (χ0v) is 15.3. The lowest BCUT2D eigenvalue weighted by Gasteiger charge is -2.35. The molecule has 10 heteroatoms. The third-order valence-electron chi connectivity index (χ3n) is 4.16. The molecule has 140 valence electrons.